The molecule has 0 bridgehead atoms. The number of rotatable bonds is 10. The third kappa shape index (κ3) is 5.76. The van der Waals surface area contributed by atoms with Crippen LogP contribution in [0.3, 0.4) is 0 Å². The number of carbonyl (C=O) groups is 2. The maximum absolute atomic E-state index is 13.0. The molecule has 1 aromatic carbocycles. The number of amides is 1. The van der Waals surface area contributed by atoms with Gasteiger partial charge in [0.15, 0.2) is 11.0 Å². The molecule has 0 aliphatic heterocycles. The van der Waals surface area contributed by atoms with Gasteiger partial charge in [-0.25, -0.2) is 4.79 Å². The number of carbonyl (C=O) groups excluding carboxylic acids is 2. The summed E-state index contributed by atoms with van der Waals surface area (Å²) < 4.78 is 14.4. The molecule has 38 heavy (non-hydrogen) atoms. The number of nitrogens with one attached hydrogen (secondary N) is 1. The molecule has 0 spiro atoms. The van der Waals surface area contributed by atoms with Gasteiger partial charge in [-0.2, -0.15) is 5.10 Å². The number of hydrogen-bond donors (Lipinski definition) is 1. The Morgan fingerprint density at radius 3 is 2.45 bits per heavy atom. The predicted molar refractivity (Wildman–Crippen MR) is 149 cm³/mol. The summed E-state index contributed by atoms with van der Waals surface area (Å²) in [4.78, 5) is 26.4. The van der Waals surface area contributed by atoms with Crippen molar-refractivity contribution >= 4 is 40.0 Å². The van der Waals surface area contributed by atoms with Crippen LogP contribution in [0.5, 0.6) is 5.75 Å². The number of ether oxygens (including phenoxy) is 2. The van der Waals surface area contributed by atoms with Gasteiger partial charge in [-0.05, 0) is 70.5 Å². The van der Waals surface area contributed by atoms with Crippen molar-refractivity contribution in [2.75, 3.05) is 24.3 Å². The van der Waals surface area contributed by atoms with E-state index in [-0.39, 0.29) is 18.3 Å². The molecular weight excluding hydrogens is 524 g/mol. The lowest BCUT2D eigenvalue weighted by atomic mass is 10.1. The highest BCUT2D eigenvalue weighted by Gasteiger charge is 2.23. The first-order valence-electron chi connectivity index (χ1n) is 12.1. The second-order valence-corrected chi connectivity index (χ2v) is 10.6. The van der Waals surface area contributed by atoms with Gasteiger partial charge in [-0.1, -0.05) is 11.8 Å². The fourth-order valence-corrected chi connectivity index (χ4v) is 5.71. The monoisotopic (exact) mass is 554 g/mol. The van der Waals surface area contributed by atoms with Crippen LogP contribution in [-0.2, 0) is 16.6 Å². The van der Waals surface area contributed by atoms with Gasteiger partial charge in [-0.3, -0.25) is 14.0 Å². The quantitative estimate of drug-likeness (QED) is 0.216. The molecule has 0 saturated carbocycles. The van der Waals surface area contributed by atoms with Crippen LogP contribution in [0.1, 0.15) is 40.3 Å². The van der Waals surface area contributed by atoms with Crippen LogP contribution in [0.25, 0.3) is 17.2 Å². The van der Waals surface area contributed by atoms with Crippen LogP contribution in [0.4, 0.5) is 5.00 Å². The number of thioether (sulfide) groups is 1. The van der Waals surface area contributed by atoms with Gasteiger partial charge in [-0.15, -0.1) is 21.5 Å². The second kappa shape index (κ2) is 11.8. The van der Waals surface area contributed by atoms with E-state index >= 15 is 0 Å². The average molecular weight is 555 g/mol. The minimum absolute atomic E-state index is 0.0673. The molecule has 12 heteroatoms. The Morgan fingerprint density at radius 1 is 1.08 bits per heavy atom. The number of aromatic nitrogens is 5. The molecule has 200 valence electrons. The largest absolute Gasteiger partial charge is 0.494 e. The van der Waals surface area contributed by atoms with E-state index in [1.807, 2.05) is 69.6 Å². The van der Waals surface area contributed by atoms with Gasteiger partial charge in [0.2, 0.25) is 5.91 Å². The predicted octanol–water partition coefficient (Wildman–Crippen LogP) is 4.96. The van der Waals surface area contributed by atoms with Gasteiger partial charge >= 0.3 is 5.97 Å². The number of thiophene rings is 1. The summed E-state index contributed by atoms with van der Waals surface area (Å²) in [6, 6.07) is 9.56. The summed E-state index contributed by atoms with van der Waals surface area (Å²) in [6.45, 7) is 10.2. The van der Waals surface area contributed by atoms with Gasteiger partial charge < -0.3 is 14.8 Å². The summed E-state index contributed by atoms with van der Waals surface area (Å²) in [6.07, 6.45) is 0. The molecule has 0 saturated heterocycles. The molecule has 0 fully saturated rings. The smallest absolute Gasteiger partial charge is 0.341 e. The van der Waals surface area contributed by atoms with Crippen molar-refractivity contribution in [3.05, 3.63) is 52.0 Å². The number of esters is 1. The molecular formula is C26H30N6O4S2. The lowest BCUT2D eigenvalue weighted by Gasteiger charge is -2.12. The Labute approximate surface area is 229 Å². The fraction of sp³-hybridized carbons (Fsp3) is 0.346. The van der Waals surface area contributed by atoms with Crippen molar-refractivity contribution in [1.82, 2.24) is 24.5 Å². The molecule has 0 atom stereocenters. The zero-order valence-electron chi connectivity index (χ0n) is 22.2. The van der Waals surface area contributed by atoms with Crippen LogP contribution >= 0.6 is 23.1 Å². The zero-order valence-corrected chi connectivity index (χ0v) is 23.8. The summed E-state index contributed by atoms with van der Waals surface area (Å²) in [5.74, 6) is 0.728. The van der Waals surface area contributed by atoms with Crippen molar-refractivity contribution < 1.29 is 19.1 Å². The third-order valence-electron chi connectivity index (χ3n) is 5.72. The molecule has 3 aromatic heterocycles. The van der Waals surface area contributed by atoms with E-state index in [1.165, 1.54) is 23.1 Å². The topological polar surface area (TPSA) is 113 Å². The highest BCUT2D eigenvalue weighted by Crippen LogP contribution is 2.34. The third-order valence-corrected chi connectivity index (χ3v) is 7.77. The molecule has 3 heterocycles. The number of benzene rings is 1. The molecule has 1 N–H and O–H groups in total. The second-order valence-electron chi connectivity index (χ2n) is 8.41. The van der Waals surface area contributed by atoms with E-state index in [9.17, 15) is 9.59 Å². The molecule has 0 aliphatic rings. The Balaban J connectivity index is 1.60. The first kappa shape index (κ1) is 27.4. The van der Waals surface area contributed by atoms with Crippen LogP contribution in [0.2, 0.25) is 0 Å². The van der Waals surface area contributed by atoms with E-state index < -0.39 is 5.97 Å². The van der Waals surface area contributed by atoms with Crippen molar-refractivity contribution in [1.29, 1.82) is 0 Å². The Hall–Kier alpha value is -3.64. The number of anilines is 1. The Kier molecular flexibility index (Phi) is 8.52. The Bertz CT molecular complexity index is 1460. The van der Waals surface area contributed by atoms with Gasteiger partial charge in [0.25, 0.3) is 0 Å². The lowest BCUT2D eigenvalue weighted by Crippen LogP contribution is -2.17. The standard InChI is InChI=1S/C26H30N6O4S2/c1-7-35-19-11-9-18(10-12-19)32-23(20-13-15(3)30-31(20)6)28-29-26(32)37-14-21(33)27-24-22(25(34)36-8-2)16(4)17(5)38-24/h9-13H,7-8,14H2,1-6H3,(H,27,33). The number of nitrogens with zero attached hydrogens (tertiary/aromatic N) is 5. The van der Waals surface area contributed by atoms with Gasteiger partial charge in [0.05, 0.1) is 35.9 Å². The number of aryl methyl sites for hydroxylation is 3. The maximum Gasteiger partial charge on any atom is 0.341 e. The molecule has 0 unspecified atom stereocenters. The van der Waals surface area contributed by atoms with Crippen molar-refractivity contribution in [3.8, 4) is 23.0 Å². The van der Waals surface area contributed by atoms with E-state index in [0.717, 1.165) is 33.3 Å². The summed E-state index contributed by atoms with van der Waals surface area (Å²) in [5, 5.41) is 17.2. The minimum Gasteiger partial charge on any atom is -0.494 e. The zero-order chi connectivity index (χ0) is 27.4. The molecule has 4 rings (SSSR count). The van der Waals surface area contributed by atoms with Crippen LogP contribution in [0, 0.1) is 20.8 Å². The van der Waals surface area contributed by atoms with Crippen LogP contribution in [-0.4, -0.2) is 55.4 Å². The van der Waals surface area contributed by atoms with Crippen LogP contribution in [0.15, 0.2) is 35.5 Å². The van der Waals surface area contributed by atoms with E-state index in [0.29, 0.717) is 28.2 Å². The van der Waals surface area contributed by atoms with Crippen molar-refractivity contribution in [3.63, 3.8) is 0 Å². The summed E-state index contributed by atoms with van der Waals surface area (Å²) in [5.41, 5.74) is 3.69. The normalized spacial score (nSPS) is 11.0. The average Bonchev–Trinajstić information content (AvgIpc) is 3.53. The van der Waals surface area contributed by atoms with Crippen molar-refractivity contribution in [2.24, 2.45) is 7.05 Å². The van der Waals surface area contributed by atoms with E-state index in [4.69, 9.17) is 9.47 Å². The Morgan fingerprint density at radius 2 is 1.82 bits per heavy atom. The van der Waals surface area contributed by atoms with Gasteiger partial charge in [0.1, 0.15) is 16.4 Å². The number of hydrogen-bond acceptors (Lipinski definition) is 9. The van der Waals surface area contributed by atoms with Gasteiger partial charge in [0, 0.05) is 11.9 Å². The highest BCUT2D eigenvalue weighted by molar-refractivity contribution is 7.99. The highest BCUT2D eigenvalue weighted by atomic mass is 32.2. The summed E-state index contributed by atoms with van der Waals surface area (Å²) in [7, 11) is 1.85. The summed E-state index contributed by atoms with van der Waals surface area (Å²) >= 11 is 2.61. The minimum atomic E-state index is -0.441. The SMILES string of the molecule is CCOC(=O)c1c(NC(=O)CSc2nnc(-c3cc(C)nn3C)n2-c2ccc(OCC)cc2)sc(C)c1C. The van der Waals surface area contributed by atoms with E-state index in [1.54, 1.807) is 11.6 Å². The maximum atomic E-state index is 13.0. The van der Waals surface area contributed by atoms with Crippen LogP contribution < -0.4 is 10.1 Å². The first-order valence-corrected chi connectivity index (χ1v) is 13.9. The molecule has 4 aromatic rings. The molecule has 10 nitrogen and oxygen atoms in total. The molecule has 0 aliphatic carbocycles. The lowest BCUT2D eigenvalue weighted by molar-refractivity contribution is -0.113. The molecule has 1 amide bonds. The fourth-order valence-electron chi connectivity index (χ4n) is 3.90. The molecule has 0 radical (unpaired) electrons. The van der Waals surface area contributed by atoms with Crippen molar-refractivity contribution in [2.45, 2.75) is 39.8 Å². The first-order chi connectivity index (χ1) is 18.2. The van der Waals surface area contributed by atoms with E-state index in [2.05, 4.69) is 20.6 Å².